The number of hydrogen-bond donors (Lipinski definition) is 2. The van der Waals surface area contributed by atoms with E-state index in [9.17, 15) is 4.79 Å². The first-order chi connectivity index (χ1) is 9.34. The van der Waals surface area contributed by atoms with E-state index in [2.05, 4.69) is 5.32 Å². The Morgan fingerprint density at radius 2 is 2.20 bits per heavy atom. The molecule has 0 saturated carbocycles. The zero-order valence-corrected chi connectivity index (χ0v) is 12.6. The van der Waals surface area contributed by atoms with Gasteiger partial charge in [0.1, 0.15) is 0 Å². The Hall–Kier alpha value is -1.59. The predicted molar refractivity (Wildman–Crippen MR) is 81.0 cm³/mol. The van der Waals surface area contributed by atoms with E-state index in [0.29, 0.717) is 13.2 Å². The lowest BCUT2D eigenvalue weighted by molar-refractivity contribution is -0.125. The van der Waals surface area contributed by atoms with Gasteiger partial charge in [-0.3, -0.25) is 4.79 Å². The van der Waals surface area contributed by atoms with E-state index in [0.717, 1.165) is 11.4 Å². The van der Waals surface area contributed by atoms with Crippen LogP contribution in [0.5, 0.6) is 0 Å². The second-order valence-corrected chi connectivity index (χ2v) is 5.89. The number of hydrogen-bond acceptors (Lipinski definition) is 4. The second-order valence-electron chi connectivity index (χ2n) is 5.89. The van der Waals surface area contributed by atoms with Crippen LogP contribution in [0.4, 0.5) is 11.4 Å². The molecule has 1 heterocycles. The average Bonchev–Trinajstić information content (AvgIpc) is 2.73. The van der Waals surface area contributed by atoms with E-state index in [1.54, 1.807) is 0 Å². The Kier molecular flexibility index (Phi) is 4.01. The molecule has 0 bridgehead atoms. The van der Waals surface area contributed by atoms with Gasteiger partial charge in [-0.1, -0.05) is 6.07 Å². The van der Waals surface area contributed by atoms with Crippen LogP contribution in [0.1, 0.15) is 12.5 Å². The molecule has 110 valence electrons. The summed E-state index contributed by atoms with van der Waals surface area (Å²) in [5, 5.41) is 2.95. The van der Waals surface area contributed by atoms with Crippen LogP contribution < -0.4 is 16.0 Å². The lowest BCUT2D eigenvalue weighted by Crippen LogP contribution is -2.47. The van der Waals surface area contributed by atoms with E-state index in [1.807, 2.05) is 51.0 Å². The van der Waals surface area contributed by atoms with Crippen molar-refractivity contribution in [2.75, 3.05) is 37.5 Å². The van der Waals surface area contributed by atoms with Crippen LogP contribution in [0.15, 0.2) is 18.2 Å². The van der Waals surface area contributed by atoms with Gasteiger partial charge in [0, 0.05) is 31.5 Å². The van der Waals surface area contributed by atoms with Gasteiger partial charge in [0.25, 0.3) is 0 Å². The molecule has 20 heavy (non-hydrogen) atoms. The Morgan fingerprint density at radius 3 is 2.75 bits per heavy atom. The summed E-state index contributed by atoms with van der Waals surface area (Å²) in [5.74, 6) is -0.0870. The van der Waals surface area contributed by atoms with Crippen LogP contribution in [0.25, 0.3) is 0 Å². The fourth-order valence-corrected chi connectivity index (χ4v) is 2.37. The normalized spacial score (nSPS) is 25.6. The summed E-state index contributed by atoms with van der Waals surface area (Å²) in [4.78, 5) is 14.5. The molecular weight excluding hydrogens is 254 g/mol. The van der Waals surface area contributed by atoms with E-state index in [1.165, 1.54) is 5.56 Å². The van der Waals surface area contributed by atoms with Crippen LogP contribution in [-0.2, 0) is 9.53 Å². The summed E-state index contributed by atoms with van der Waals surface area (Å²) in [7, 11) is 3.96. The molecule has 0 spiro atoms. The largest absolute Gasteiger partial charge is 0.379 e. The van der Waals surface area contributed by atoms with Crippen LogP contribution in [0.3, 0.4) is 0 Å². The topological polar surface area (TPSA) is 67.6 Å². The van der Waals surface area contributed by atoms with Gasteiger partial charge in [-0.15, -0.1) is 0 Å². The van der Waals surface area contributed by atoms with Crippen molar-refractivity contribution in [2.24, 2.45) is 11.1 Å². The van der Waals surface area contributed by atoms with Gasteiger partial charge in [-0.2, -0.15) is 0 Å². The number of aryl methyl sites for hydroxylation is 1. The minimum Gasteiger partial charge on any atom is -0.379 e. The highest BCUT2D eigenvalue weighted by Gasteiger charge is 2.44. The van der Waals surface area contributed by atoms with Crippen molar-refractivity contribution in [2.45, 2.75) is 19.9 Å². The molecule has 1 saturated heterocycles. The van der Waals surface area contributed by atoms with Crippen molar-refractivity contribution in [3.8, 4) is 0 Å². The highest BCUT2D eigenvalue weighted by molar-refractivity contribution is 5.96. The van der Waals surface area contributed by atoms with Gasteiger partial charge in [-0.25, -0.2) is 0 Å². The fourth-order valence-electron chi connectivity index (χ4n) is 2.37. The smallest absolute Gasteiger partial charge is 0.234 e. The van der Waals surface area contributed by atoms with E-state index >= 15 is 0 Å². The summed E-state index contributed by atoms with van der Waals surface area (Å²) in [5.41, 5.74) is 8.34. The highest BCUT2D eigenvalue weighted by Crippen LogP contribution is 2.30. The number of rotatable bonds is 3. The summed E-state index contributed by atoms with van der Waals surface area (Å²) in [6.45, 7) is 4.69. The SMILES string of the molecule is Cc1ccc(NC(=O)C2(C)COCC2N)cc1N(C)C. The van der Waals surface area contributed by atoms with Gasteiger partial charge in [0.2, 0.25) is 5.91 Å². The first-order valence-electron chi connectivity index (χ1n) is 6.77. The van der Waals surface area contributed by atoms with E-state index in [4.69, 9.17) is 10.5 Å². The number of carbonyl (C=O) groups is 1. The van der Waals surface area contributed by atoms with Gasteiger partial charge in [0.05, 0.1) is 18.6 Å². The maximum Gasteiger partial charge on any atom is 0.234 e. The fraction of sp³-hybridized carbons (Fsp3) is 0.533. The van der Waals surface area contributed by atoms with E-state index in [-0.39, 0.29) is 11.9 Å². The molecule has 2 atom stereocenters. The lowest BCUT2D eigenvalue weighted by Gasteiger charge is -2.26. The van der Waals surface area contributed by atoms with Crippen molar-refractivity contribution in [3.63, 3.8) is 0 Å². The Labute approximate surface area is 120 Å². The maximum absolute atomic E-state index is 12.4. The molecule has 1 amide bonds. The van der Waals surface area contributed by atoms with Crippen molar-refractivity contribution in [1.29, 1.82) is 0 Å². The Bertz CT molecular complexity index is 516. The van der Waals surface area contributed by atoms with Crippen LogP contribution in [0, 0.1) is 12.3 Å². The molecule has 1 aliphatic rings. The van der Waals surface area contributed by atoms with Crippen LogP contribution in [0.2, 0.25) is 0 Å². The molecule has 0 radical (unpaired) electrons. The zero-order chi connectivity index (χ0) is 14.9. The molecule has 1 aromatic carbocycles. The number of carbonyl (C=O) groups excluding carboxylic acids is 1. The number of nitrogens with two attached hydrogens (primary N) is 1. The molecule has 5 heteroatoms. The molecule has 0 aromatic heterocycles. The molecule has 3 N–H and O–H groups in total. The third kappa shape index (κ3) is 2.64. The molecule has 1 aliphatic heterocycles. The monoisotopic (exact) mass is 277 g/mol. The molecule has 5 nitrogen and oxygen atoms in total. The number of amides is 1. The van der Waals surface area contributed by atoms with Crippen LogP contribution >= 0.6 is 0 Å². The number of nitrogens with zero attached hydrogens (tertiary/aromatic N) is 1. The summed E-state index contributed by atoms with van der Waals surface area (Å²) in [6, 6.07) is 5.61. The first kappa shape index (κ1) is 14.8. The second kappa shape index (κ2) is 5.42. The van der Waals surface area contributed by atoms with Crippen LogP contribution in [-0.4, -0.2) is 39.3 Å². The third-order valence-corrected chi connectivity index (χ3v) is 3.99. The third-order valence-electron chi connectivity index (χ3n) is 3.99. The van der Waals surface area contributed by atoms with Crippen molar-refractivity contribution >= 4 is 17.3 Å². The van der Waals surface area contributed by atoms with E-state index < -0.39 is 5.41 Å². The van der Waals surface area contributed by atoms with Crippen molar-refractivity contribution in [3.05, 3.63) is 23.8 Å². The molecular formula is C15H23N3O2. The number of anilines is 2. The summed E-state index contributed by atoms with van der Waals surface area (Å²) in [6.07, 6.45) is 0. The molecule has 2 rings (SSSR count). The number of benzene rings is 1. The average molecular weight is 277 g/mol. The quantitative estimate of drug-likeness (QED) is 0.875. The van der Waals surface area contributed by atoms with Crippen molar-refractivity contribution in [1.82, 2.24) is 0 Å². The van der Waals surface area contributed by atoms with Crippen molar-refractivity contribution < 1.29 is 9.53 Å². The summed E-state index contributed by atoms with van der Waals surface area (Å²) < 4.78 is 5.32. The molecule has 0 aliphatic carbocycles. The van der Waals surface area contributed by atoms with Gasteiger partial charge >= 0.3 is 0 Å². The number of nitrogens with one attached hydrogen (secondary N) is 1. The minimum absolute atomic E-state index is 0.0870. The standard InChI is InChI=1S/C15H23N3O2/c1-10-5-6-11(7-12(10)18(3)4)17-14(19)15(2)9-20-8-13(15)16/h5-7,13H,8-9,16H2,1-4H3,(H,17,19). The summed E-state index contributed by atoms with van der Waals surface area (Å²) >= 11 is 0. The number of ether oxygens (including phenoxy) is 1. The maximum atomic E-state index is 12.4. The molecule has 1 aromatic rings. The first-order valence-corrected chi connectivity index (χ1v) is 6.77. The Morgan fingerprint density at radius 1 is 1.50 bits per heavy atom. The minimum atomic E-state index is -0.664. The van der Waals surface area contributed by atoms with Gasteiger partial charge < -0.3 is 20.7 Å². The van der Waals surface area contributed by atoms with Gasteiger partial charge in [0.15, 0.2) is 0 Å². The Balaban J connectivity index is 2.18. The van der Waals surface area contributed by atoms with Gasteiger partial charge in [-0.05, 0) is 31.5 Å². The zero-order valence-electron chi connectivity index (χ0n) is 12.6. The predicted octanol–water partition coefficient (Wildman–Crippen LogP) is 1.36. The lowest BCUT2D eigenvalue weighted by atomic mass is 9.85. The molecule has 2 unspecified atom stereocenters. The molecule has 1 fully saturated rings. The highest BCUT2D eigenvalue weighted by atomic mass is 16.5.